The van der Waals surface area contributed by atoms with Crippen LogP contribution >= 0.6 is 22.8 Å². The number of rotatable bonds is 20. The number of amidine groups is 1. The lowest BCUT2D eigenvalue weighted by Crippen LogP contribution is -2.29. The van der Waals surface area contributed by atoms with E-state index in [9.17, 15) is 18.6 Å². The normalized spacial score (nSPS) is 14.6. The summed E-state index contributed by atoms with van der Waals surface area (Å²) in [6, 6.07) is 4.33. The number of pyridine rings is 1. The van der Waals surface area contributed by atoms with Crippen LogP contribution in [0.2, 0.25) is 0 Å². The Morgan fingerprint density at radius 1 is 0.887 bits per heavy atom. The van der Waals surface area contributed by atoms with Crippen molar-refractivity contribution in [1.82, 2.24) is 30.4 Å². The maximum Gasteiger partial charge on any atom is 0.342 e. The lowest BCUT2D eigenvalue weighted by atomic mass is 10.4. The topological polar surface area (TPSA) is 192 Å². The molecular weight excluding hydrogens is 743 g/mol. The monoisotopic (exact) mass is 818 g/mol. The first-order valence-electron chi connectivity index (χ1n) is 17.4. The third kappa shape index (κ3) is 27.4. The van der Waals surface area contributed by atoms with Crippen LogP contribution in [0.4, 0.5) is 0 Å². The number of nitrogens with one attached hydrogen (secondary N) is 1. The van der Waals surface area contributed by atoms with Gasteiger partial charge in [-0.15, -0.1) is 5.10 Å². The second-order valence-corrected chi connectivity index (χ2v) is 18.8. The van der Waals surface area contributed by atoms with E-state index in [1.54, 1.807) is 40.8 Å². The van der Waals surface area contributed by atoms with E-state index in [1.165, 1.54) is 4.85 Å². The van der Waals surface area contributed by atoms with Gasteiger partial charge >= 0.3 is 15.2 Å². The van der Waals surface area contributed by atoms with Gasteiger partial charge in [0.15, 0.2) is 0 Å². The molecule has 0 aromatic carbocycles. The van der Waals surface area contributed by atoms with Gasteiger partial charge in [-0.1, -0.05) is 47.9 Å². The molecule has 0 saturated heterocycles. The van der Waals surface area contributed by atoms with Crippen LogP contribution in [0.3, 0.4) is 0 Å². The van der Waals surface area contributed by atoms with Gasteiger partial charge in [-0.2, -0.15) is 0 Å². The average molecular weight is 819 g/mol. The van der Waals surface area contributed by atoms with Gasteiger partial charge in [0.25, 0.3) is 6.02 Å². The first-order chi connectivity index (χ1) is 23.3. The van der Waals surface area contributed by atoms with Crippen LogP contribution in [-0.4, -0.2) is 102 Å². The molecule has 0 aliphatic heterocycles. The minimum Gasteiger partial charge on any atom is -0.778 e. The summed E-state index contributed by atoms with van der Waals surface area (Å²) in [6.07, 6.45) is 3.46. The molecule has 19 heteroatoms. The molecule has 0 spiro atoms. The Balaban J connectivity index is -0.000000342. The summed E-state index contributed by atoms with van der Waals surface area (Å²) in [5.41, 5.74) is 1.39. The highest BCUT2D eigenvalue weighted by atomic mass is 31.3. The number of hydrogen-bond donors (Lipinski definition) is 1. The van der Waals surface area contributed by atoms with Gasteiger partial charge in [-0.25, -0.2) is 14.3 Å². The van der Waals surface area contributed by atoms with E-state index in [0.29, 0.717) is 30.9 Å². The molecule has 0 aliphatic carbocycles. The van der Waals surface area contributed by atoms with Crippen LogP contribution in [0.1, 0.15) is 117 Å². The van der Waals surface area contributed by atoms with Crippen molar-refractivity contribution in [3.05, 3.63) is 18.3 Å². The zero-order chi connectivity index (χ0) is 38.4. The van der Waals surface area contributed by atoms with Gasteiger partial charge in [0.1, 0.15) is 19.2 Å². The highest BCUT2D eigenvalue weighted by Gasteiger charge is 2.39. The molecule has 2 heterocycles. The zero-order valence-corrected chi connectivity index (χ0v) is 34.9. The Labute approximate surface area is 322 Å². The molecule has 3 unspecified atom stereocenters. The van der Waals surface area contributed by atoms with Crippen LogP contribution in [0.25, 0.3) is 11.2 Å². The number of ether oxygens (including phenoxy) is 1. The van der Waals surface area contributed by atoms with Crippen molar-refractivity contribution in [2.75, 3.05) is 52.2 Å². The SMILES string of the molecule is C.C.C.CC(C)On1nnc2cccnc21.CCCP(=O)([O-])OP(=O)(CCC)OP(=O)(CCC)OC(C)C.CCNC(=NCCCN(C)C)OC(C)C. The second kappa shape index (κ2) is 30.3. The summed E-state index contributed by atoms with van der Waals surface area (Å²) in [5.74, 6) is 0. The van der Waals surface area contributed by atoms with E-state index in [0.717, 1.165) is 31.6 Å². The molecule has 1 N–H and O–H groups in total. The maximum atomic E-state index is 12.7. The summed E-state index contributed by atoms with van der Waals surface area (Å²) < 4.78 is 58.0. The van der Waals surface area contributed by atoms with Gasteiger partial charge in [0, 0.05) is 25.4 Å². The fourth-order valence-corrected chi connectivity index (χ4v) is 11.1. The number of fused-ring (bicyclic) bond motifs is 1. The van der Waals surface area contributed by atoms with E-state index < -0.39 is 28.9 Å². The van der Waals surface area contributed by atoms with Crippen LogP contribution in [-0.2, 0) is 31.6 Å². The smallest absolute Gasteiger partial charge is 0.342 e. The van der Waals surface area contributed by atoms with Crippen LogP contribution in [0.5, 0.6) is 0 Å². The number of aromatic nitrogens is 4. The standard InChI is InChI=1S/C12H29O7P3.C11H25N3O.C8H10N4O.3CH4/c1-6-9-20(13,14)18-22(16,11-8-3)19-21(15,10-7-2)17-12(4)5;1-6-12-11(15-10(2)3)13-8-7-9-14(4)5;1-6(2)13-12-8-7(10-11-12)4-3-5-9-8;;;/h12H,6-11H2,1-5H3,(H,13,14);10H,6-9H2,1-5H3,(H,12,13);3-6H,1-2H3;3*1H4/p-1. The Kier molecular flexibility index (Phi) is 33.1. The molecule has 0 amide bonds. The van der Waals surface area contributed by atoms with E-state index in [1.807, 2.05) is 46.8 Å². The predicted octanol–water partition coefficient (Wildman–Crippen LogP) is 8.51. The number of nitrogens with zero attached hydrogens (tertiary/aromatic N) is 6. The molecule has 0 bridgehead atoms. The molecule has 316 valence electrons. The molecule has 16 nitrogen and oxygen atoms in total. The van der Waals surface area contributed by atoms with Crippen LogP contribution in [0.15, 0.2) is 23.3 Å². The first-order valence-corrected chi connectivity index (χ1v) is 22.6. The fourth-order valence-electron chi connectivity index (χ4n) is 3.86. The summed E-state index contributed by atoms with van der Waals surface area (Å²) in [5, 5.41) is 10.8. The average Bonchev–Trinajstić information content (AvgIpc) is 3.37. The van der Waals surface area contributed by atoms with Crippen LogP contribution < -0.4 is 15.0 Å². The van der Waals surface area contributed by atoms with Gasteiger partial charge in [0.05, 0.1) is 24.5 Å². The van der Waals surface area contributed by atoms with Crippen molar-refractivity contribution in [1.29, 1.82) is 0 Å². The highest BCUT2D eigenvalue weighted by Crippen LogP contribution is 2.70. The molecular formula is C34H75N7O9P3-. The van der Waals surface area contributed by atoms with Crippen LogP contribution in [0, 0.1) is 0 Å². The third-order valence-electron chi connectivity index (χ3n) is 5.55. The Hall–Kier alpha value is -1.89. The van der Waals surface area contributed by atoms with Gasteiger partial charge in [0.2, 0.25) is 5.65 Å². The minimum atomic E-state index is -4.30. The highest BCUT2D eigenvalue weighted by molar-refractivity contribution is 7.72. The molecule has 2 aromatic heterocycles. The Bertz CT molecular complexity index is 1380. The largest absolute Gasteiger partial charge is 0.778 e. The van der Waals surface area contributed by atoms with Crippen molar-refractivity contribution < 1.29 is 41.3 Å². The van der Waals surface area contributed by atoms with Gasteiger partial charge < -0.3 is 33.8 Å². The van der Waals surface area contributed by atoms with Crippen molar-refractivity contribution in [3.8, 4) is 0 Å². The molecule has 53 heavy (non-hydrogen) atoms. The summed E-state index contributed by atoms with van der Waals surface area (Å²) in [6.45, 7) is 21.1. The molecule has 2 aromatic rings. The lowest BCUT2D eigenvalue weighted by molar-refractivity contribution is -0.191. The first kappa shape index (κ1) is 57.8. The fraction of sp³-hybridized carbons (Fsp3) is 0.824. The summed E-state index contributed by atoms with van der Waals surface area (Å²) >= 11 is 0. The van der Waals surface area contributed by atoms with Crippen molar-refractivity contribution in [2.45, 2.75) is 136 Å². The molecule has 0 aliphatic rings. The van der Waals surface area contributed by atoms with Gasteiger partial charge in [-0.3, -0.25) is 13.4 Å². The Morgan fingerprint density at radius 2 is 1.47 bits per heavy atom. The van der Waals surface area contributed by atoms with E-state index in [2.05, 4.69) is 44.6 Å². The van der Waals surface area contributed by atoms with Crippen molar-refractivity contribution >= 4 is 40.0 Å². The summed E-state index contributed by atoms with van der Waals surface area (Å²) in [4.78, 5) is 29.2. The predicted molar refractivity (Wildman–Crippen MR) is 219 cm³/mol. The number of aliphatic imine (C=N–C) groups is 1. The van der Waals surface area contributed by atoms with Crippen molar-refractivity contribution in [2.24, 2.45) is 4.99 Å². The molecule has 0 radical (unpaired) electrons. The second-order valence-electron chi connectivity index (χ2n) is 12.3. The molecule has 3 atom stereocenters. The third-order valence-corrected chi connectivity index (χ3v) is 13.3. The maximum absolute atomic E-state index is 12.7. The van der Waals surface area contributed by atoms with E-state index in [4.69, 9.17) is 22.7 Å². The van der Waals surface area contributed by atoms with Crippen molar-refractivity contribution in [3.63, 3.8) is 0 Å². The summed E-state index contributed by atoms with van der Waals surface area (Å²) in [7, 11) is -7.88. The zero-order valence-electron chi connectivity index (χ0n) is 32.2. The van der Waals surface area contributed by atoms with E-state index in [-0.39, 0.29) is 53.0 Å². The minimum absolute atomic E-state index is 0. The van der Waals surface area contributed by atoms with E-state index >= 15 is 0 Å². The molecule has 0 fully saturated rings. The number of hydrogen-bond acceptors (Lipinski definition) is 14. The quantitative estimate of drug-likeness (QED) is 0.0579. The lowest BCUT2D eigenvalue weighted by Gasteiger charge is -2.30. The molecule has 0 saturated carbocycles. The van der Waals surface area contributed by atoms with Gasteiger partial charge in [-0.05, 0) is 112 Å². The molecule has 2 rings (SSSR count). The Morgan fingerprint density at radius 3 is 1.96 bits per heavy atom.